The van der Waals surface area contributed by atoms with E-state index >= 15 is 0 Å². The number of hydrogen-bond acceptors (Lipinski definition) is 5. The van der Waals surface area contributed by atoms with Crippen LogP contribution in [0.25, 0.3) is 0 Å². The standard InChI is InChI=1S/C20H28N4O3.ClH/c1-20(2,3)17(22)19(27)24-12-15(25)10-16(24)18(26)23-9-8-13-4-6-14(11-21)7-5-13;/h4-7,15-17,25H,8-10,12,22H2,1-3H3,(H,23,26);1H/t15-,16-,17+;/m0./s1. The van der Waals surface area contributed by atoms with Gasteiger partial charge in [-0.2, -0.15) is 5.26 Å². The second-order valence-electron chi connectivity index (χ2n) is 8.09. The van der Waals surface area contributed by atoms with Crippen LogP contribution in [0.2, 0.25) is 0 Å². The van der Waals surface area contributed by atoms with E-state index in [1.165, 1.54) is 4.90 Å². The highest BCUT2D eigenvalue weighted by atomic mass is 35.5. The molecule has 0 spiro atoms. The quantitative estimate of drug-likeness (QED) is 0.670. The van der Waals surface area contributed by atoms with Gasteiger partial charge in [-0.3, -0.25) is 9.59 Å². The molecule has 1 saturated heterocycles. The highest BCUT2D eigenvalue weighted by Gasteiger charge is 2.42. The lowest BCUT2D eigenvalue weighted by Crippen LogP contribution is -2.55. The fraction of sp³-hybridized carbons (Fsp3) is 0.550. The molecule has 7 nitrogen and oxygen atoms in total. The van der Waals surface area contributed by atoms with Crippen molar-refractivity contribution in [2.24, 2.45) is 11.1 Å². The second-order valence-corrected chi connectivity index (χ2v) is 8.09. The van der Waals surface area contributed by atoms with Gasteiger partial charge >= 0.3 is 0 Å². The van der Waals surface area contributed by atoms with E-state index in [9.17, 15) is 14.7 Å². The van der Waals surface area contributed by atoms with E-state index in [2.05, 4.69) is 11.4 Å². The number of halogens is 1. The maximum Gasteiger partial charge on any atom is 0.242 e. The Labute approximate surface area is 172 Å². The number of likely N-dealkylation sites (tertiary alicyclic amines) is 1. The van der Waals surface area contributed by atoms with E-state index in [1.54, 1.807) is 12.1 Å². The lowest BCUT2D eigenvalue weighted by atomic mass is 9.86. The molecule has 1 aliphatic rings. The average molecular weight is 409 g/mol. The summed E-state index contributed by atoms with van der Waals surface area (Å²) >= 11 is 0. The maximum absolute atomic E-state index is 12.7. The van der Waals surface area contributed by atoms with Gasteiger partial charge in [-0.25, -0.2) is 0 Å². The van der Waals surface area contributed by atoms with Gasteiger partial charge in [-0.1, -0.05) is 32.9 Å². The van der Waals surface area contributed by atoms with E-state index < -0.39 is 23.6 Å². The predicted octanol–water partition coefficient (Wildman–Crippen LogP) is 0.974. The molecule has 1 aliphatic heterocycles. The summed E-state index contributed by atoms with van der Waals surface area (Å²) in [4.78, 5) is 26.7. The summed E-state index contributed by atoms with van der Waals surface area (Å²) in [6.45, 7) is 6.14. The van der Waals surface area contributed by atoms with Crippen molar-refractivity contribution >= 4 is 24.2 Å². The Morgan fingerprint density at radius 3 is 2.50 bits per heavy atom. The Kier molecular flexibility index (Phi) is 8.43. The summed E-state index contributed by atoms with van der Waals surface area (Å²) in [5, 5.41) is 21.6. The molecule has 0 aromatic heterocycles. The molecule has 0 aliphatic carbocycles. The van der Waals surface area contributed by atoms with Crippen molar-refractivity contribution in [3.05, 3.63) is 35.4 Å². The van der Waals surface area contributed by atoms with Crippen molar-refractivity contribution in [1.29, 1.82) is 5.26 Å². The van der Waals surface area contributed by atoms with E-state index in [0.717, 1.165) is 5.56 Å². The molecule has 0 radical (unpaired) electrons. The van der Waals surface area contributed by atoms with Crippen LogP contribution in [0.15, 0.2) is 24.3 Å². The van der Waals surface area contributed by atoms with Crippen molar-refractivity contribution in [2.45, 2.75) is 51.8 Å². The smallest absolute Gasteiger partial charge is 0.242 e. The number of nitrogens with zero attached hydrogens (tertiary/aromatic N) is 2. The lowest BCUT2D eigenvalue weighted by Gasteiger charge is -2.32. The number of amides is 2. The summed E-state index contributed by atoms with van der Waals surface area (Å²) in [6.07, 6.45) is 0.100. The second kappa shape index (κ2) is 9.87. The van der Waals surface area contributed by atoms with Crippen LogP contribution in [0.1, 0.15) is 38.3 Å². The molecule has 28 heavy (non-hydrogen) atoms. The molecule has 0 saturated carbocycles. The minimum atomic E-state index is -0.739. The molecule has 2 rings (SSSR count). The predicted molar refractivity (Wildman–Crippen MR) is 109 cm³/mol. The van der Waals surface area contributed by atoms with Crippen molar-refractivity contribution in [3.8, 4) is 6.07 Å². The Morgan fingerprint density at radius 1 is 1.36 bits per heavy atom. The van der Waals surface area contributed by atoms with Gasteiger partial charge < -0.3 is 21.1 Å². The Bertz CT molecular complexity index is 724. The number of aliphatic hydroxyl groups excluding tert-OH is 1. The van der Waals surface area contributed by atoms with Crippen molar-refractivity contribution in [2.75, 3.05) is 13.1 Å². The third-order valence-electron chi connectivity index (χ3n) is 4.86. The Balaban J connectivity index is 0.00000392. The number of carbonyl (C=O) groups is 2. The monoisotopic (exact) mass is 408 g/mol. The molecule has 0 bridgehead atoms. The van der Waals surface area contributed by atoms with E-state index in [0.29, 0.717) is 18.5 Å². The highest BCUT2D eigenvalue weighted by molar-refractivity contribution is 5.90. The lowest BCUT2D eigenvalue weighted by molar-refractivity contribution is -0.141. The van der Waals surface area contributed by atoms with Crippen LogP contribution >= 0.6 is 12.4 Å². The molecule has 1 aromatic carbocycles. The third kappa shape index (κ3) is 5.93. The number of rotatable bonds is 5. The molecule has 8 heteroatoms. The molecule has 0 unspecified atom stereocenters. The minimum absolute atomic E-state index is 0. The van der Waals surface area contributed by atoms with Crippen molar-refractivity contribution < 1.29 is 14.7 Å². The largest absolute Gasteiger partial charge is 0.391 e. The van der Waals surface area contributed by atoms with Gasteiger partial charge in [0.05, 0.1) is 23.8 Å². The number of nitriles is 1. The Morgan fingerprint density at radius 2 is 1.96 bits per heavy atom. The number of hydrogen-bond donors (Lipinski definition) is 3. The zero-order valence-corrected chi connectivity index (χ0v) is 17.3. The summed E-state index contributed by atoms with van der Waals surface area (Å²) in [7, 11) is 0. The zero-order valence-electron chi connectivity index (χ0n) is 16.5. The Hall–Kier alpha value is -2.14. The number of nitrogens with two attached hydrogens (primary N) is 1. The van der Waals surface area contributed by atoms with Gasteiger partial charge in [-0.15, -0.1) is 12.4 Å². The van der Waals surface area contributed by atoms with Crippen LogP contribution in [0, 0.1) is 16.7 Å². The summed E-state index contributed by atoms with van der Waals surface area (Å²) < 4.78 is 0. The van der Waals surface area contributed by atoms with Crippen LogP contribution in [0.4, 0.5) is 0 Å². The molecule has 1 aromatic rings. The SMILES string of the molecule is CC(C)(C)[C@H](N)C(=O)N1C[C@@H](O)C[C@H]1C(=O)NCCc1ccc(C#N)cc1.Cl. The summed E-state index contributed by atoms with van der Waals surface area (Å²) in [6, 6.07) is 7.79. The number of carbonyl (C=O) groups excluding carboxylic acids is 2. The molecule has 3 atom stereocenters. The van der Waals surface area contributed by atoms with Gasteiger partial charge in [0, 0.05) is 19.5 Å². The fourth-order valence-electron chi connectivity index (χ4n) is 3.05. The molecule has 154 valence electrons. The first-order chi connectivity index (χ1) is 12.6. The first-order valence-electron chi connectivity index (χ1n) is 9.14. The van der Waals surface area contributed by atoms with Crippen LogP contribution in [0.3, 0.4) is 0 Å². The third-order valence-corrected chi connectivity index (χ3v) is 4.86. The van der Waals surface area contributed by atoms with Gasteiger partial charge in [0.2, 0.25) is 11.8 Å². The topological polar surface area (TPSA) is 119 Å². The van der Waals surface area contributed by atoms with E-state index in [4.69, 9.17) is 11.0 Å². The van der Waals surface area contributed by atoms with Crippen LogP contribution in [0.5, 0.6) is 0 Å². The van der Waals surface area contributed by atoms with Gasteiger partial charge in [-0.05, 0) is 29.5 Å². The van der Waals surface area contributed by atoms with Gasteiger partial charge in [0.25, 0.3) is 0 Å². The number of β-amino-alcohol motifs (C(OH)–C–C–N with tert-alkyl or cyclic N) is 1. The molecular weight excluding hydrogens is 380 g/mol. The maximum atomic E-state index is 12.7. The van der Waals surface area contributed by atoms with E-state index in [1.807, 2.05) is 32.9 Å². The van der Waals surface area contributed by atoms with Crippen molar-refractivity contribution in [1.82, 2.24) is 10.2 Å². The number of benzene rings is 1. The summed E-state index contributed by atoms with van der Waals surface area (Å²) in [5.74, 6) is -0.596. The molecule has 1 fully saturated rings. The minimum Gasteiger partial charge on any atom is -0.391 e. The van der Waals surface area contributed by atoms with Crippen LogP contribution in [-0.4, -0.2) is 53.1 Å². The van der Waals surface area contributed by atoms with Crippen LogP contribution < -0.4 is 11.1 Å². The molecule has 2 amide bonds. The van der Waals surface area contributed by atoms with E-state index in [-0.39, 0.29) is 37.2 Å². The van der Waals surface area contributed by atoms with Crippen LogP contribution in [-0.2, 0) is 16.0 Å². The fourth-order valence-corrected chi connectivity index (χ4v) is 3.05. The zero-order chi connectivity index (χ0) is 20.2. The molecule has 1 heterocycles. The number of nitrogens with one attached hydrogen (secondary N) is 1. The number of aliphatic hydroxyl groups is 1. The van der Waals surface area contributed by atoms with Crippen molar-refractivity contribution in [3.63, 3.8) is 0 Å². The van der Waals surface area contributed by atoms with Gasteiger partial charge in [0.1, 0.15) is 6.04 Å². The summed E-state index contributed by atoms with van der Waals surface area (Å²) in [5.41, 5.74) is 7.22. The molecular formula is C20H29ClN4O3. The normalized spacial score (nSPS) is 20.1. The first-order valence-corrected chi connectivity index (χ1v) is 9.14. The average Bonchev–Trinajstić information content (AvgIpc) is 3.02. The molecule has 4 N–H and O–H groups in total. The highest BCUT2D eigenvalue weighted by Crippen LogP contribution is 2.24. The first kappa shape index (κ1) is 23.9. The van der Waals surface area contributed by atoms with Gasteiger partial charge in [0.15, 0.2) is 0 Å².